The lowest BCUT2D eigenvalue weighted by atomic mass is 9.85. The lowest BCUT2D eigenvalue weighted by Gasteiger charge is -2.29. The summed E-state index contributed by atoms with van der Waals surface area (Å²) in [7, 11) is 1.77. The fraction of sp³-hybridized carbons (Fsp3) is 0.440. The summed E-state index contributed by atoms with van der Waals surface area (Å²) in [6.07, 6.45) is 7.09. The number of amides is 1. The van der Waals surface area contributed by atoms with E-state index in [1.54, 1.807) is 29.3 Å². The Balaban J connectivity index is 1.30. The first-order chi connectivity index (χ1) is 16.1. The van der Waals surface area contributed by atoms with Crippen molar-refractivity contribution in [3.63, 3.8) is 0 Å². The van der Waals surface area contributed by atoms with Crippen molar-refractivity contribution >= 4 is 38.5 Å². The first-order valence-corrected chi connectivity index (χ1v) is 12.4. The van der Waals surface area contributed by atoms with Crippen molar-refractivity contribution in [1.29, 1.82) is 0 Å². The van der Waals surface area contributed by atoms with Crippen molar-refractivity contribution in [1.82, 2.24) is 25.1 Å². The number of hydrogen-bond acceptors (Lipinski definition) is 6. The monoisotopic (exact) mass is 481 g/mol. The van der Waals surface area contributed by atoms with Gasteiger partial charge in [-0.25, -0.2) is 19.2 Å². The van der Waals surface area contributed by atoms with Crippen molar-refractivity contribution < 1.29 is 13.9 Å². The van der Waals surface area contributed by atoms with Gasteiger partial charge in [0.1, 0.15) is 15.9 Å². The van der Waals surface area contributed by atoms with Crippen molar-refractivity contribution in [3.8, 4) is 11.4 Å². The number of carbonyl (C=O) groups excluding carboxylic acids is 1. The van der Waals surface area contributed by atoms with Gasteiger partial charge in [0.15, 0.2) is 11.6 Å². The Kier molecular flexibility index (Phi) is 5.75. The summed E-state index contributed by atoms with van der Waals surface area (Å²) in [5, 5.41) is 8.89. The van der Waals surface area contributed by atoms with E-state index in [-0.39, 0.29) is 18.0 Å². The van der Waals surface area contributed by atoms with Crippen LogP contribution in [-0.4, -0.2) is 37.5 Å². The number of nitrogens with zero attached hydrogens (tertiary/aromatic N) is 4. The molecule has 178 valence electrons. The number of hydrogen-bond donors (Lipinski definition) is 1. The summed E-state index contributed by atoms with van der Waals surface area (Å²) in [6.45, 7) is 5.60. The molecule has 0 spiro atoms. The molecule has 9 heteroatoms. The third-order valence-electron chi connectivity index (χ3n) is 6.08. The number of thiophene rings is 1. The van der Waals surface area contributed by atoms with Crippen molar-refractivity contribution in [3.05, 3.63) is 41.3 Å². The van der Waals surface area contributed by atoms with Gasteiger partial charge in [-0.1, -0.05) is 0 Å². The SMILES string of the molecule is Cn1cc2cc(-c3ncc4cc(C5CCC(NC(=O)OC(C)(C)C)CC5)sc4n3)cc(F)c2n1. The second-order valence-corrected chi connectivity index (χ2v) is 11.1. The Hall–Kier alpha value is -3.07. The summed E-state index contributed by atoms with van der Waals surface area (Å²) in [4.78, 5) is 23.5. The number of aryl methyl sites for hydroxylation is 1. The van der Waals surface area contributed by atoms with Gasteiger partial charge in [-0.05, 0) is 70.6 Å². The molecule has 1 amide bonds. The van der Waals surface area contributed by atoms with Crippen LogP contribution < -0.4 is 5.32 Å². The maximum Gasteiger partial charge on any atom is 0.407 e. The number of alkyl carbamates (subject to hydrolysis) is 1. The van der Waals surface area contributed by atoms with Crippen LogP contribution in [0.2, 0.25) is 0 Å². The average Bonchev–Trinajstić information content (AvgIpc) is 3.35. The zero-order valence-corrected chi connectivity index (χ0v) is 20.6. The molecule has 1 aliphatic rings. The number of nitrogens with one attached hydrogen (secondary N) is 1. The largest absolute Gasteiger partial charge is 0.444 e. The molecular formula is C25H28FN5O2S. The molecule has 0 bridgehead atoms. The maximum atomic E-state index is 14.5. The van der Waals surface area contributed by atoms with E-state index in [9.17, 15) is 9.18 Å². The van der Waals surface area contributed by atoms with E-state index in [1.807, 2.05) is 33.0 Å². The number of ether oxygens (including phenoxy) is 1. The van der Waals surface area contributed by atoms with Crippen LogP contribution in [0.1, 0.15) is 57.2 Å². The minimum atomic E-state index is -0.492. The summed E-state index contributed by atoms with van der Waals surface area (Å²) in [6, 6.07) is 5.63. The molecule has 0 unspecified atom stereocenters. The first kappa shape index (κ1) is 22.7. The molecule has 1 aromatic carbocycles. The van der Waals surface area contributed by atoms with Gasteiger partial charge in [0, 0.05) is 46.7 Å². The topological polar surface area (TPSA) is 81.9 Å². The molecule has 7 nitrogen and oxygen atoms in total. The summed E-state index contributed by atoms with van der Waals surface area (Å²) in [5.41, 5.74) is 0.499. The number of halogens is 1. The normalized spacial score (nSPS) is 19.0. The van der Waals surface area contributed by atoms with Crippen LogP contribution >= 0.6 is 11.3 Å². The predicted molar refractivity (Wildman–Crippen MR) is 131 cm³/mol. The molecule has 0 aliphatic heterocycles. The molecular weight excluding hydrogens is 453 g/mol. The van der Waals surface area contributed by atoms with Gasteiger partial charge < -0.3 is 10.1 Å². The Morgan fingerprint density at radius 2 is 1.94 bits per heavy atom. The van der Waals surface area contributed by atoms with Crippen molar-refractivity contribution in [2.45, 2.75) is 64.0 Å². The van der Waals surface area contributed by atoms with Crippen LogP contribution in [0.25, 0.3) is 32.5 Å². The van der Waals surface area contributed by atoms with Gasteiger partial charge in [-0.3, -0.25) is 4.68 Å². The maximum absolute atomic E-state index is 14.5. The molecule has 34 heavy (non-hydrogen) atoms. The number of fused-ring (bicyclic) bond motifs is 2. The molecule has 1 fully saturated rings. The molecule has 0 saturated heterocycles. The highest BCUT2D eigenvalue weighted by atomic mass is 32.1. The lowest BCUT2D eigenvalue weighted by Crippen LogP contribution is -2.40. The molecule has 1 saturated carbocycles. The second-order valence-electron chi connectivity index (χ2n) is 10.00. The third kappa shape index (κ3) is 4.75. The van der Waals surface area contributed by atoms with Gasteiger partial charge in [0.2, 0.25) is 0 Å². The van der Waals surface area contributed by atoms with E-state index in [2.05, 4.69) is 21.5 Å². The molecule has 1 aliphatic carbocycles. The molecule has 0 radical (unpaired) electrons. The van der Waals surface area contributed by atoms with E-state index in [0.717, 1.165) is 41.3 Å². The van der Waals surface area contributed by atoms with Crippen LogP contribution in [0, 0.1) is 5.82 Å². The van der Waals surface area contributed by atoms with Gasteiger partial charge in [0.25, 0.3) is 0 Å². The molecule has 4 aromatic rings. The van der Waals surface area contributed by atoms with E-state index in [4.69, 9.17) is 9.72 Å². The number of benzene rings is 1. The van der Waals surface area contributed by atoms with Crippen LogP contribution in [0.4, 0.5) is 9.18 Å². The Morgan fingerprint density at radius 3 is 2.68 bits per heavy atom. The van der Waals surface area contributed by atoms with Gasteiger partial charge in [-0.2, -0.15) is 5.10 Å². The van der Waals surface area contributed by atoms with E-state index in [1.165, 1.54) is 10.9 Å². The highest BCUT2D eigenvalue weighted by Crippen LogP contribution is 2.39. The van der Waals surface area contributed by atoms with E-state index >= 15 is 0 Å². The van der Waals surface area contributed by atoms with Crippen LogP contribution in [0.5, 0.6) is 0 Å². The fourth-order valence-electron chi connectivity index (χ4n) is 4.53. The van der Waals surface area contributed by atoms with Gasteiger partial charge in [0.05, 0.1) is 0 Å². The predicted octanol–water partition coefficient (Wildman–Crippen LogP) is 5.94. The van der Waals surface area contributed by atoms with Gasteiger partial charge >= 0.3 is 6.09 Å². The minimum absolute atomic E-state index is 0.143. The second kappa shape index (κ2) is 8.61. The molecule has 3 aromatic heterocycles. The number of carbonyl (C=O) groups is 1. The van der Waals surface area contributed by atoms with Crippen LogP contribution in [-0.2, 0) is 11.8 Å². The standard InChI is InChI=1S/C25H28FN5O2S/c1-25(2,3)33-24(32)28-18-7-5-14(6-8-18)20-11-16-12-27-22(29-23(16)34-20)15-9-17-13-31(4)30-21(17)19(26)10-15/h9-14,18H,5-8H2,1-4H3,(H,28,32). The highest BCUT2D eigenvalue weighted by Gasteiger charge is 2.26. The highest BCUT2D eigenvalue weighted by molar-refractivity contribution is 7.18. The Bertz CT molecular complexity index is 1370. The zero-order valence-electron chi connectivity index (χ0n) is 19.8. The number of aromatic nitrogens is 4. The van der Waals surface area contributed by atoms with Crippen molar-refractivity contribution in [2.24, 2.45) is 7.05 Å². The average molecular weight is 482 g/mol. The Labute approximate surface area is 201 Å². The third-order valence-corrected chi connectivity index (χ3v) is 7.28. The van der Waals surface area contributed by atoms with Gasteiger partial charge in [-0.15, -0.1) is 11.3 Å². The summed E-state index contributed by atoms with van der Waals surface area (Å²) in [5.74, 6) is 0.569. The summed E-state index contributed by atoms with van der Waals surface area (Å²) >= 11 is 1.67. The molecule has 5 rings (SSSR count). The summed E-state index contributed by atoms with van der Waals surface area (Å²) < 4.78 is 21.5. The lowest BCUT2D eigenvalue weighted by molar-refractivity contribution is 0.0491. The smallest absolute Gasteiger partial charge is 0.407 e. The quantitative estimate of drug-likeness (QED) is 0.392. The van der Waals surface area contributed by atoms with Crippen molar-refractivity contribution in [2.75, 3.05) is 0 Å². The van der Waals surface area contributed by atoms with Crippen LogP contribution in [0.3, 0.4) is 0 Å². The molecule has 1 N–H and O–H groups in total. The first-order valence-electron chi connectivity index (χ1n) is 11.5. The zero-order chi connectivity index (χ0) is 24.0. The molecule has 3 heterocycles. The minimum Gasteiger partial charge on any atom is -0.444 e. The van der Waals surface area contributed by atoms with Crippen LogP contribution in [0.15, 0.2) is 30.6 Å². The fourth-order valence-corrected chi connectivity index (χ4v) is 5.70. The molecule has 0 atom stereocenters. The van der Waals surface area contributed by atoms with E-state index < -0.39 is 5.60 Å². The van der Waals surface area contributed by atoms with E-state index in [0.29, 0.717) is 22.8 Å². The number of rotatable bonds is 3. The Morgan fingerprint density at radius 1 is 1.18 bits per heavy atom.